The van der Waals surface area contributed by atoms with Gasteiger partial charge in [0.25, 0.3) is 0 Å². The Balaban J connectivity index is -0.000000306. The molecule has 92 heavy (non-hydrogen) atoms. The summed E-state index contributed by atoms with van der Waals surface area (Å²) < 4.78 is 31.5. The van der Waals surface area contributed by atoms with Crippen molar-refractivity contribution in [3.63, 3.8) is 0 Å². The molecule has 531 valence electrons. The van der Waals surface area contributed by atoms with Crippen molar-refractivity contribution >= 4 is 157 Å². The first kappa shape index (κ1) is 99.1. The number of thiocarbonyl (C=S) groups is 1. The number of aromatic nitrogens is 2. The van der Waals surface area contributed by atoms with Gasteiger partial charge in [0.1, 0.15) is 43.4 Å². The van der Waals surface area contributed by atoms with Crippen LogP contribution >= 0.6 is 97.4 Å². The van der Waals surface area contributed by atoms with E-state index >= 15 is 0 Å². The zero-order valence-electron chi connectivity index (χ0n) is 55.7. The molecule has 2 aromatic rings. The SMILES string of the molecule is C.C.C.C=C(CCC(N)=S)NC(=O)OC(C)(C)C.C=CC(C)(C)OC(=O)c1sc(CCCN=C(NC(=O)OC(C)(C)C)NC(=O)OC(C)(C)C)nc1C(C)C.CC(C)c1nc(CCCN=C(NC(=O)OC(C)(C)C)NC(=O)OC(C)(C)C)sc1C(=O)O.CI.[I][V][I]. The van der Waals surface area contributed by atoms with Crippen LogP contribution in [-0.2, 0) is 50.7 Å². The van der Waals surface area contributed by atoms with Gasteiger partial charge in [-0.05, 0) is 160 Å². The number of hydrogen-bond donors (Lipinski definition) is 7. The van der Waals surface area contributed by atoms with Crippen LogP contribution in [0.2, 0.25) is 0 Å². The van der Waals surface area contributed by atoms with Crippen LogP contribution in [0.5, 0.6) is 0 Å². The van der Waals surface area contributed by atoms with Crippen molar-refractivity contribution < 1.29 is 76.6 Å². The molecule has 24 nitrogen and oxygen atoms in total. The molecule has 0 saturated heterocycles. The molecule has 0 atom stereocenters. The maximum absolute atomic E-state index is 12.8. The fourth-order valence-corrected chi connectivity index (χ4v) is 8.17. The number of aromatic carboxylic acids is 1. The van der Waals surface area contributed by atoms with Crippen LogP contribution in [0, 0.1) is 0 Å². The van der Waals surface area contributed by atoms with Gasteiger partial charge in [0.15, 0.2) is 0 Å². The molecule has 0 aliphatic heterocycles. The van der Waals surface area contributed by atoms with E-state index in [9.17, 15) is 38.7 Å². The molecule has 0 unspecified atom stereocenters. The van der Waals surface area contributed by atoms with Crippen molar-refractivity contribution in [3.8, 4) is 0 Å². The molecule has 2 rings (SSSR count). The molecule has 5 amide bonds. The second kappa shape index (κ2) is 47.8. The van der Waals surface area contributed by atoms with E-state index in [4.69, 9.17) is 46.4 Å². The van der Waals surface area contributed by atoms with Gasteiger partial charge >= 0.3 is 91.8 Å². The third-order valence-corrected chi connectivity index (χ3v) is 11.6. The number of nitrogens with zero attached hydrogens (tertiary/aromatic N) is 4. The number of aryl methyl sites for hydroxylation is 2. The van der Waals surface area contributed by atoms with Crippen LogP contribution in [0.3, 0.4) is 0 Å². The number of esters is 1. The van der Waals surface area contributed by atoms with Crippen LogP contribution in [0.4, 0.5) is 24.0 Å². The number of carboxylic acid groups (broad SMARTS) is 1. The van der Waals surface area contributed by atoms with E-state index in [-0.39, 0.29) is 64.0 Å². The van der Waals surface area contributed by atoms with E-state index in [1.54, 1.807) is 124 Å². The van der Waals surface area contributed by atoms with Crippen LogP contribution in [-0.4, -0.2) is 126 Å². The number of amides is 5. The average Bonchev–Trinajstić information content (AvgIpc) is 1.72. The Morgan fingerprint density at radius 3 is 1.11 bits per heavy atom. The van der Waals surface area contributed by atoms with Gasteiger partial charge in [0.2, 0.25) is 11.9 Å². The third kappa shape index (κ3) is 53.3. The number of ether oxygens (including phenoxy) is 6. The minimum absolute atomic E-state index is 0. The topological polar surface area (TPSA) is 332 Å². The van der Waals surface area contributed by atoms with Crippen LogP contribution in [0.15, 0.2) is 34.9 Å². The van der Waals surface area contributed by atoms with Crippen LogP contribution in [0.1, 0.15) is 246 Å². The number of nitrogens with one attached hydrogen (secondary N) is 5. The number of carbonyl (C=O) groups is 7. The Labute approximate surface area is 605 Å². The molecule has 2 aromatic heterocycles. The van der Waals surface area contributed by atoms with E-state index in [0.29, 0.717) is 79.9 Å². The number of halogens is 3. The first-order valence-corrected chi connectivity index (χ1v) is 41.2. The van der Waals surface area contributed by atoms with Gasteiger partial charge in [-0.25, -0.2) is 43.5 Å². The normalized spacial score (nSPS) is 10.8. The second-order valence-electron chi connectivity index (χ2n) is 24.9. The van der Waals surface area contributed by atoms with Crippen molar-refractivity contribution in [3.05, 3.63) is 56.1 Å². The summed E-state index contributed by atoms with van der Waals surface area (Å²) >= 11 is 14.0. The predicted molar refractivity (Wildman–Crippen MR) is 400 cm³/mol. The van der Waals surface area contributed by atoms with Crippen molar-refractivity contribution in [1.29, 1.82) is 0 Å². The maximum atomic E-state index is 12.8. The van der Waals surface area contributed by atoms with Gasteiger partial charge in [0, 0.05) is 38.0 Å². The Morgan fingerprint density at radius 2 is 0.859 bits per heavy atom. The second-order valence-corrected chi connectivity index (χ2v) is 39.4. The molecule has 0 saturated carbocycles. The molecule has 8 N–H and O–H groups in total. The van der Waals surface area contributed by atoms with E-state index in [0.717, 1.165) is 16.3 Å². The number of carbonyl (C=O) groups excluding carboxylic acids is 6. The molecular weight excluding hydrogens is 1620 g/mol. The summed E-state index contributed by atoms with van der Waals surface area (Å²) in [5, 5.41) is 23.1. The van der Waals surface area contributed by atoms with Crippen molar-refractivity contribution in [2.75, 3.05) is 18.0 Å². The number of hydrogen-bond acceptors (Lipinski definition) is 20. The number of guanidine groups is 2. The summed E-state index contributed by atoms with van der Waals surface area (Å²) in [5.74, 6) is -1.54. The monoisotopic (exact) mass is 1730 g/mol. The first-order chi connectivity index (χ1) is 40.5. The minimum atomic E-state index is -0.985. The molecule has 0 spiro atoms. The summed E-state index contributed by atoms with van der Waals surface area (Å²) in [6.45, 7) is 45.2. The summed E-state index contributed by atoms with van der Waals surface area (Å²) in [6, 6.07) is 0. The Morgan fingerprint density at radius 1 is 0.576 bits per heavy atom. The molecule has 0 aromatic carbocycles. The Kier molecular flexibility index (Phi) is 51.5. The summed E-state index contributed by atoms with van der Waals surface area (Å²) in [7, 11) is 0.628. The molecule has 0 aliphatic rings. The summed E-state index contributed by atoms with van der Waals surface area (Å²) in [6.07, 6.45) is 1.23. The number of allylic oxidation sites excluding steroid dienone is 1. The van der Waals surface area contributed by atoms with E-state index < -0.39 is 76.0 Å². The first-order valence-electron chi connectivity index (χ1n) is 28.0. The van der Waals surface area contributed by atoms with E-state index in [1.807, 2.05) is 32.6 Å². The van der Waals surface area contributed by atoms with Gasteiger partial charge in [-0.2, -0.15) is 0 Å². The number of aliphatic imine (C=N–C) groups is 2. The zero-order chi connectivity index (χ0) is 70.1. The molecular formula is C61H109I3N10O14S3V. The fraction of sp³-hybridized carbons (Fsp3) is 0.672. The Bertz CT molecular complexity index is 2620. The standard InChI is InChI=1S/C26H42N4O6S.C21H34N4O6S.C10H18N2O2S.CH3I.3CH4.2HI.V/c1-12-26(10,11)34-20(31)19-18(16(2)3)28-17(37-19)14-13-15-27-21(29-22(32)35-24(4,5)6)30-23(33)36-25(7,8)9;1-12(2)14-15(16(26)27)32-13(23-14)10-9-11-22-17(24-18(28)30-20(3,4)5)25-19(29)31-21(6,7)8;1-7(5-6-8(11)15)12-9(13)14-10(2,3)4;1-2;;;;;;/h12,16H,1,13-15H2,2-11H3,(H2,27,29,30,32,33);12H,9-11H2,1-8H3,(H,26,27)(H2,22,24,25,28,29);1,5-6H2,2-4H3,(H2,11,15)(H,12,13);1H3;3*1H4;2*1H;/q;;;;;;;;;+2/p-2. The number of nitrogens with two attached hydrogens (primary N) is 1. The van der Waals surface area contributed by atoms with Crippen molar-refractivity contribution in [1.82, 2.24) is 36.6 Å². The average molecular weight is 1730 g/mol. The number of thiazole rings is 2. The molecule has 0 bridgehead atoms. The summed E-state index contributed by atoms with van der Waals surface area (Å²) in [4.78, 5) is 105. The third-order valence-electron chi connectivity index (χ3n) is 9.18. The molecule has 0 radical (unpaired) electrons. The van der Waals surface area contributed by atoms with Crippen molar-refractivity contribution in [2.45, 2.75) is 252 Å². The van der Waals surface area contributed by atoms with Gasteiger partial charge in [-0.3, -0.25) is 36.6 Å². The molecule has 31 heteroatoms. The quantitative estimate of drug-likeness (QED) is 0.00839. The van der Waals surface area contributed by atoms with E-state index in [2.05, 4.69) is 122 Å². The predicted octanol–water partition coefficient (Wildman–Crippen LogP) is 16.8. The molecule has 0 aliphatic carbocycles. The van der Waals surface area contributed by atoms with Gasteiger partial charge in [-0.15, -0.1) is 22.7 Å². The van der Waals surface area contributed by atoms with Gasteiger partial charge < -0.3 is 39.3 Å². The number of alkyl halides is 1. The molecule has 2 heterocycles. The number of alkyl carbamates (subject to hydrolysis) is 5. The van der Waals surface area contributed by atoms with Gasteiger partial charge in [0.05, 0.1) is 26.4 Å². The van der Waals surface area contributed by atoms with Crippen LogP contribution in [0.25, 0.3) is 0 Å². The fourth-order valence-electron chi connectivity index (χ4n) is 5.83. The zero-order valence-corrected chi connectivity index (χ0v) is 66.0. The number of rotatable bonds is 18. The van der Waals surface area contributed by atoms with Crippen molar-refractivity contribution in [2.24, 2.45) is 15.7 Å². The summed E-state index contributed by atoms with van der Waals surface area (Å²) in [5.41, 5.74) is 2.95. The van der Waals surface area contributed by atoms with Gasteiger partial charge in [-0.1, -0.05) is 97.9 Å². The molecule has 0 fully saturated rings. The Hall–Kier alpha value is -3.97. The van der Waals surface area contributed by atoms with E-state index in [1.165, 1.54) is 11.3 Å². The number of carboxylic acids is 1. The van der Waals surface area contributed by atoms with Crippen LogP contribution < -0.4 is 32.3 Å².